The Balaban J connectivity index is 1.45. The van der Waals surface area contributed by atoms with Gasteiger partial charge in [-0.2, -0.15) is 0 Å². The van der Waals surface area contributed by atoms with Crippen LogP contribution in [0.2, 0.25) is 0 Å². The zero-order chi connectivity index (χ0) is 22.7. The van der Waals surface area contributed by atoms with E-state index in [0.717, 1.165) is 0 Å². The van der Waals surface area contributed by atoms with Crippen LogP contribution in [0, 0.1) is 5.82 Å². The van der Waals surface area contributed by atoms with Crippen LogP contribution < -0.4 is 14.2 Å². The van der Waals surface area contributed by atoms with E-state index in [-0.39, 0.29) is 42.1 Å². The van der Waals surface area contributed by atoms with Gasteiger partial charge in [-0.25, -0.2) is 17.5 Å². The average Bonchev–Trinajstić information content (AvgIpc) is 3.25. The Morgan fingerprint density at radius 3 is 2.59 bits per heavy atom. The van der Waals surface area contributed by atoms with E-state index in [9.17, 15) is 17.6 Å². The van der Waals surface area contributed by atoms with E-state index < -0.39 is 10.0 Å². The fourth-order valence-electron chi connectivity index (χ4n) is 3.31. The highest BCUT2D eigenvalue weighted by Crippen LogP contribution is 2.32. The number of nitrogens with zero attached hydrogens (tertiary/aromatic N) is 1. The van der Waals surface area contributed by atoms with Crippen LogP contribution in [-0.2, 0) is 23.1 Å². The molecule has 3 aromatic carbocycles. The van der Waals surface area contributed by atoms with Crippen molar-refractivity contribution in [3.63, 3.8) is 0 Å². The van der Waals surface area contributed by atoms with Crippen LogP contribution in [0.25, 0.3) is 0 Å². The first-order chi connectivity index (χ1) is 15.3. The summed E-state index contributed by atoms with van der Waals surface area (Å²) in [6.07, 6.45) is 0. The largest absolute Gasteiger partial charge is 0.454 e. The Kier molecular flexibility index (Phi) is 6.11. The number of rotatable bonds is 7. The molecule has 1 amide bonds. The summed E-state index contributed by atoms with van der Waals surface area (Å²) in [6.45, 7) is 0.381. The zero-order valence-corrected chi connectivity index (χ0v) is 18.1. The number of hydrogen-bond acceptors (Lipinski definition) is 5. The van der Waals surface area contributed by atoms with Gasteiger partial charge in [-0.05, 0) is 53.6 Å². The van der Waals surface area contributed by atoms with Gasteiger partial charge in [0, 0.05) is 25.7 Å². The Hall–Kier alpha value is -3.43. The van der Waals surface area contributed by atoms with Gasteiger partial charge in [-0.1, -0.05) is 24.3 Å². The molecule has 1 aliphatic rings. The average molecular weight is 456 g/mol. The van der Waals surface area contributed by atoms with E-state index in [1.165, 1.54) is 35.2 Å². The molecule has 0 radical (unpaired) electrons. The summed E-state index contributed by atoms with van der Waals surface area (Å²) in [5.74, 6) is 0.424. The van der Waals surface area contributed by atoms with Crippen molar-refractivity contribution in [2.45, 2.75) is 18.0 Å². The molecule has 1 N–H and O–H groups in total. The van der Waals surface area contributed by atoms with Gasteiger partial charge in [-0.15, -0.1) is 0 Å². The Morgan fingerprint density at radius 2 is 1.78 bits per heavy atom. The summed E-state index contributed by atoms with van der Waals surface area (Å²) in [6, 6.07) is 17.0. The topological polar surface area (TPSA) is 84.9 Å². The third-order valence-corrected chi connectivity index (χ3v) is 6.35. The molecule has 0 saturated heterocycles. The molecule has 32 heavy (non-hydrogen) atoms. The molecule has 0 fully saturated rings. The molecule has 0 aliphatic carbocycles. The summed E-state index contributed by atoms with van der Waals surface area (Å²) in [4.78, 5) is 14.2. The van der Waals surface area contributed by atoms with Gasteiger partial charge in [0.05, 0.1) is 4.90 Å². The SMILES string of the molecule is CN(Cc1cccc(F)c1)C(=O)c1cccc(S(=O)(=O)NCc2ccc3c(c2)OCO3)c1. The minimum atomic E-state index is -3.86. The number of benzene rings is 3. The first-order valence-electron chi connectivity index (χ1n) is 9.80. The van der Waals surface area contributed by atoms with Crippen LogP contribution in [-0.4, -0.2) is 33.1 Å². The molecular formula is C23H21FN2O5S. The lowest BCUT2D eigenvalue weighted by Gasteiger charge is -2.18. The number of carbonyl (C=O) groups is 1. The standard InChI is InChI=1S/C23H21FN2O5S/c1-26(14-17-4-2-6-19(24)10-17)23(27)18-5-3-7-20(12-18)32(28,29)25-13-16-8-9-21-22(11-16)31-15-30-21/h2-12,25H,13-15H2,1H3. The summed E-state index contributed by atoms with van der Waals surface area (Å²) in [5.41, 5.74) is 1.56. The minimum Gasteiger partial charge on any atom is -0.454 e. The van der Waals surface area contributed by atoms with Crippen molar-refractivity contribution in [1.29, 1.82) is 0 Å². The smallest absolute Gasteiger partial charge is 0.253 e. The predicted molar refractivity (Wildman–Crippen MR) is 115 cm³/mol. The Morgan fingerprint density at radius 1 is 1.00 bits per heavy atom. The third kappa shape index (κ3) is 4.90. The lowest BCUT2D eigenvalue weighted by atomic mass is 10.1. The molecule has 0 unspecified atom stereocenters. The lowest BCUT2D eigenvalue weighted by Crippen LogP contribution is -2.27. The normalized spacial score (nSPS) is 12.6. The second-order valence-corrected chi connectivity index (χ2v) is 9.10. The highest BCUT2D eigenvalue weighted by Gasteiger charge is 2.19. The predicted octanol–water partition coefficient (Wildman–Crippen LogP) is 3.31. The van der Waals surface area contributed by atoms with Gasteiger partial charge in [0.15, 0.2) is 11.5 Å². The molecule has 166 valence electrons. The Bertz CT molecular complexity index is 1260. The van der Waals surface area contributed by atoms with Crippen LogP contribution in [0.4, 0.5) is 4.39 Å². The van der Waals surface area contributed by atoms with Gasteiger partial charge in [0.2, 0.25) is 16.8 Å². The highest BCUT2D eigenvalue weighted by molar-refractivity contribution is 7.89. The zero-order valence-electron chi connectivity index (χ0n) is 17.2. The number of carbonyl (C=O) groups excluding carboxylic acids is 1. The number of nitrogens with one attached hydrogen (secondary N) is 1. The number of hydrogen-bond donors (Lipinski definition) is 1. The molecule has 1 heterocycles. The highest BCUT2D eigenvalue weighted by atomic mass is 32.2. The molecule has 4 rings (SSSR count). The van der Waals surface area contributed by atoms with Crippen molar-refractivity contribution in [3.05, 3.63) is 89.2 Å². The van der Waals surface area contributed by atoms with Crippen LogP contribution >= 0.6 is 0 Å². The first kappa shape index (κ1) is 21.8. The maximum atomic E-state index is 13.4. The van der Waals surface area contributed by atoms with Gasteiger partial charge < -0.3 is 14.4 Å². The molecule has 0 bridgehead atoms. The number of ether oxygens (including phenoxy) is 2. The van der Waals surface area contributed by atoms with Crippen molar-refractivity contribution < 1.29 is 27.1 Å². The van der Waals surface area contributed by atoms with E-state index in [1.54, 1.807) is 43.4 Å². The molecule has 1 aliphatic heterocycles. The summed E-state index contributed by atoms with van der Waals surface area (Å²) in [5, 5.41) is 0. The van der Waals surface area contributed by atoms with Crippen molar-refractivity contribution in [2.24, 2.45) is 0 Å². The molecule has 0 atom stereocenters. The second kappa shape index (κ2) is 8.97. The molecule has 0 spiro atoms. The van der Waals surface area contributed by atoms with Gasteiger partial charge in [0.25, 0.3) is 5.91 Å². The van der Waals surface area contributed by atoms with Crippen LogP contribution in [0.3, 0.4) is 0 Å². The van der Waals surface area contributed by atoms with Crippen LogP contribution in [0.5, 0.6) is 11.5 Å². The molecule has 7 nitrogen and oxygen atoms in total. The Labute approximate surface area is 185 Å². The fourth-order valence-corrected chi connectivity index (χ4v) is 4.37. The summed E-state index contributed by atoms with van der Waals surface area (Å²) >= 11 is 0. The minimum absolute atomic E-state index is 0.0248. The van der Waals surface area contributed by atoms with Gasteiger partial charge in [-0.3, -0.25) is 4.79 Å². The third-order valence-electron chi connectivity index (χ3n) is 4.95. The number of fused-ring (bicyclic) bond motifs is 1. The quantitative estimate of drug-likeness (QED) is 0.590. The monoisotopic (exact) mass is 456 g/mol. The van der Waals surface area contributed by atoms with E-state index >= 15 is 0 Å². The van der Waals surface area contributed by atoms with E-state index in [0.29, 0.717) is 22.6 Å². The summed E-state index contributed by atoms with van der Waals surface area (Å²) in [7, 11) is -2.29. The maximum absolute atomic E-state index is 13.4. The lowest BCUT2D eigenvalue weighted by molar-refractivity contribution is 0.0784. The van der Waals surface area contributed by atoms with Crippen LogP contribution in [0.1, 0.15) is 21.5 Å². The van der Waals surface area contributed by atoms with Crippen molar-refractivity contribution in [1.82, 2.24) is 9.62 Å². The maximum Gasteiger partial charge on any atom is 0.253 e. The van der Waals surface area contributed by atoms with Crippen molar-refractivity contribution >= 4 is 15.9 Å². The summed E-state index contributed by atoms with van der Waals surface area (Å²) < 4.78 is 52.0. The van der Waals surface area contributed by atoms with E-state index in [4.69, 9.17) is 9.47 Å². The molecule has 0 aromatic heterocycles. The first-order valence-corrected chi connectivity index (χ1v) is 11.3. The van der Waals surface area contributed by atoms with Gasteiger partial charge in [0.1, 0.15) is 5.82 Å². The number of halogens is 1. The van der Waals surface area contributed by atoms with Crippen molar-refractivity contribution in [3.8, 4) is 11.5 Å². The molecule has 0 saturated carbocycles. The number of sulfonamides is 1. The fraction of sp³-hybridized carbons (Fsp3) is 0.174. The molecule has 9 heteroatoms. The van der Waals surface area contributed by atoms with Gasteiger partial charge >= 0.3 is 0 Å². The number of amides is 1. The molecular weight excluding hydrogens is 435 g/mol. The van der Waals surface area contributed by atoms with E-state index in [2.05, 4.69) is 4.72 Å². The molecule has 3 aromatic rings. The van der Waals surface area contributed by atoms with E-state index in [1.807, 2.05) is 0 Å². The second-order valence-electron chi connectivity index (χ2n) is 7.33. The van der Waals surface area contributed by atoms with Crippen LogP contribution in [0.15, 0.2) is 71.6 Å². The van der Waals surface area contributed by atoms with Crippen molar-refractivity contribution in [2.75, 3.05) is 13.8 Å².